The van der Waals surface area contributed by atoms with Crippen LogP contribution in [0.25, 0.3) is 10.9 Å². The van der Waals surface area contributed by atoms with Crippen molar-refractivity contribution in [2.45, 2.75) is 19.8 Å². The zero-order valence-corrected chi connectivity index (χ0v) is 8.08. The average Bonchev–Trinajstić information content (AvgIpc) is 2.58. The van der Waals surface area contributed by atoms with E-state index in [2.05, 4.69) is 10.2 Å². The highest BCUT2D eigenvalue weighted by atomic mass is 16.1. The summed E-state index contributed by atoms with van der Waals surface area (Å²) in [6, 6.07) is 7.92. The van der Waals surface area contributed by atoms with Crippen LogP contribution in [0.3, 0.4) is 0 Å². The first-order valence-corrected chi connectivity index (χ1v) is 4.69. The third-order valence-corrected chi connectivity index (χ3v) is 2.27. The van der Waals surface area contributed by atoms with Gasteiger partial charge < -0.3 is 4.79 Å². The molecule has 0 radical (unpaired) electrons. The number of hydrogen-bond donors (Lipinski definition) is 1. The molecule has 0 spiro atoms. The number of para-hydroxylation sites is 1. The van der Waals surface area contributed by atoms with Gasteiger partial charge in [-0.25, -0.2) is 0 Å². The monoisotopic (exact) mass is 188 g/mol. The molecule has 3 heteroatoms. The number of H-pyrrole nitrogens is 1. The molecule has 0 amide bonds. The van der Waals surface area contributed by atoms with Crippen molar-refractivity contribution >= 4 is 16.7 Å². The number of aromatic amines is 1. The number of benzene rings is 1. The van der Waals surface area contributed by atoms with Crippen LogP contribution in [0, 0.1) is 0 Å². The van der Waals surface area contributed by atoms with Crippen molar-refractivity contribution in [3.8, 4) is 0 Å². The first kappa shape index (κ1) is 8.94. The lowest BCUT2D eigenvalue weighted by atomic mass is 10.1. The van der Waals surface area contributed by atoms with Crippen molar-refractivity contribution in [1.29, 1.82) is 0 Å². The molecule has 2 rings (SSSR count). The Morgan fingerprint density at radius 1 is 1.43 bits per heavy atom. The first-order chi connectivity index (χ1) is 6.77. The Balaban J connectivity index is 2.29. The van der Waals surface area contributed by atoms with E-state index in [0.29, 0.717) is 6.42 Å². The predicted molar refractivity (Wildman–Crippen MR) is 55.1 cm³/mol. The van der Waals surface area contributed by atoms with Crippen LogP contribution >= 0.6 is 0 Å². The first-order valence-electron chi connectivity index (χ1n) is 4.69. The standard InChI is InChI=1S/C11H12N2O/c1-8(14)6-7-11-9-4-2-3-5-10(9)12-13-11/h2-5H,6-7H2,1H3,(H,12,13). The quantitative estimate of drug-likeness (QED) is 0.801. The summed E-state index contributed by atoms with van der Waals surface area (Å²) in [4.78, 5) is 10.8. The van der Waals surface area contributed by atoms with E-state index < -0.39 is 0 Å². The molecule has 0 aliphatic rings. The molecular formula is C11H12N2O. The molecule has 14 heavy (non-hydrogen) atoms. The van der Waals surface area contributed by atoms with Gasteiger partial charge in [-0.3, -0.25) is 5.10 Å². The predicted octanol–water partition coefficient (Wildman–Crippen LogP) is 2.08. The van der Waals surface area contributed by atoms with Gasteiger partial charge in [-0.15, -0.1) is 0 Å². The van der Waals surface area contributed by atoms with Gasteiger partial charge in [-0.05, 0) is 19.4 Å². The van der Waals surface area contributed by atoms with Crippen molar-refractivity contribution in [2.75, 3.05) is 0 Å². The minimum atomic E-state index is 0.212. The number of ketones is 1. The van der Waals surface area contributed by atoms with Gasteiger partial charge in [0, 0.05) is 17.5 Å². The minimum Gasteiger partial charge on any atom is -0.300 e. The van der Waals surface area contributed by atoms with Gasteiger partial charge in [0.15, 0.2) is 0 Å². The maximum Gasteiger partial charge on any atom is 0.130 e. The molecule has 72 valence electrons. The number of nitrogens with zero attached hydrogens (tertiary/aromatic N) is 1. The number of Topliss-reactive ketones (excluding diaryl/α,β-unsaturated/α-hetero) is 1. The number of aromatic nitrogens is 2. The molecular weight excluding hydrogens is 176 g/mol. The van der Waals surface area contributed by atoms with Crippen LogP contribution in [0.15, 0.2) is 24.3 Å². The summed E-state index contributed by atoms with van der Waals surface area (Å²) in [6.07, 6.45) is 1.32. The van der Waals surface area contributed by atoms with Gasteiger partial charge in [-0.1, -0.05) is 18.2 Å². The summed E-state index contributed by atoms with van der Waals surface area (Å²) in [5.74, 6) is 0.212. The van der Waals surface area contributed by atoms with Crippen LogP contribution in [0.4, 0.5) is 0 Å². The zero-order valence-electron chi connectivity index (χ0n) is 8.08. The Labute approximate surface area is 82.1 Å². The molecule has 0 saturated heterocycles. The number of rotatable bonds is 3. The van der Waals surface area contributed by atoms with E-state index in [4.69, 9.17) is 0 Å². The maximum absolute atomic E-state index is 10.8. The number of carbonyl (C=O) groups is 1. The largest absolute Gasteiger partial charge is 0.300 e. The van der Waals surface area contributed by atoms with Crippen LogP contribution in [0.2, 0.25) is 0 Å². The molecule has 0 saturated carbocycles. The van der Waals surface area contributed by atoms with Crippen LogP contribution in [0.1, 0.15) is 19.0 Å². The molecule has 1 aromatic carbocycles. The van der Waals surface area contributed by atoms with Crippen LogP contribution < -0.4 is 0 Å². The van der Waals surface area contributed by atoms with Crippen molar-refractivity contribution < 1.29 is 4.79 Å². The van der Waals surface area contributed by atoms with Crippen molar-refractivity contribution in [1.82, 2.24) is 10.2 Å². The smallest absolute Gasteiger partial charge is 0.130 e. The summed E-state index contributed by atoms with van der Waals surface area (Å²) in [5.41, 5.74) is 2.02. The van der Waals surface area contributed by atoms with Crippen LogP contribution in [-0.4, -0.2) is 16.0 Å². The Kier molecular flexibility index (Phi) is 2.31. The Bertz CT molecular complexity index is 459. The number of hydrogen-bond acceptors (Lipinski definition) is 2. The van der Waals surface area contributed by atoms with E-state index in [9.17, 15) is 4.79 Å². The highest BCUT2D eigenvalue weighted by Gasteiger charge is 2.04. The molecule has 1 aromatic heterocycles. The van der Waals surface area contributed by atoms with Gasteiger partial charge in [0.05, 0.1) is 5.52 Å². The average molecular weight is 188 g/mol. The van der Waals surface area contributed by atoms with Crippen LogP contribution in [0.5, 0.6) is 0 Å². The topological polar surface area (TPSA) is 45.8 Å². The van der Waals surface area contributed by atoms with Gasteiger partial charge in [0.1, 0.15) is 5.78 Å². The fourth-order valence-electron chi connectivity index (χ4n) is 1.51. The molecule has 0 atom stereocenters. The molecule has 1 N–H and O–H groups in total. The van der Waals surface area contributed by atoms with E-state index in [1.54, 1.807) is 6.92 Å². The maximum atomic E-state index is 10.8. The Morgan fingerprint density at radius 3 is 3.00 bits per heavy atom. The van der Waals surface area contributed by atoms with E-state index in [-0.39, 0.29) is 5.78 Å². The second-order valence-electron chi connectivity index (χ2n) is 3.42. The van der Waals surface area contributed by atoms with Gasteiger partial charge >= 0.3 is 0 Å². The Morgan fingerprint density at radius 2 is 2.21 bits per heavy atom. The summed E-state index contributed by atoms with van der Waals surface area (Å²) in [5, 5.41) is 8.25. The van der Waals surface area contributed by atoms with Crippen molar-refractivity contribution in [3.05, 3.63) is 30.0 Å². The SMILES string of the molecule is CC(=O)CCc1[nH]nc2ccccc12. The van der Waals surface area contributed by atoms with Crippen molar-refractivity contribution in [2.24, 2.45) is 0 Å². The molecule has 0 unspecified atom stereocenters. The number of carbonyl (C=O) groups excluding carboxylic acids is 1. The number of fused-ring (bicyclic) bond motifs is 1. The normalized spacial score (nSPS) is 10.6. The molecule has 0 fully saturated rings. The van der Waals surface area contributed by atoms with E-state index in [1.165, 1.54) is 0 Å². The number of nitrogens with one attached hydrogen (secondary N) is 1. The van der Waals surface area contributed by atoms with E-state index in [0.717, 1.165) is 23.0 Å². The van der Waals surface area contributed by atoms with Gasteiger partial charge in [0.2, 0.25) is 0 Å². The minimum absolute atomic E-state index is 0.212. The van der Waals surface area contributed by atoms with Crippen LogP contribution in [-0.2, 0) is 11.2 Å². The fourth-order valence-corrected chi connectivity index (χ4v) is 1.51. The molecule has 0 bridgehead atoms. The van der Waals surface area contributed by atoms with E-state index in [1.807, 2.05) is 24.3 Å². The molecule has 0 aliphatic carbocycles. The van der Waals surface area contributed by atoms with Gasteiger partial charge in [-0.2, -0.15) is 5.10 Å². The third-order valence-electron chi connectivity index (χ3n) is 2.27. The second-order valence-corrected chi connectivity index (χ2v) is 3.42. The Hall–Kier alpha value is -1.64. The van der Waals surface area contributed by atoms with Crippen molar-refractivity contribution in [3.63, 3.8) is 0 Å². The zero-order chi connectivity index (χ0) is 9.97. The summed E-state index contributed by atoms with van der Waals surface area (Å²) >= 11 is 0. The number of aryl methyl sites for hydroxylation is 1. The lowest BCUT2D eigenvalue weighted by Crippen LogP contribution is -1.94. The molecule has 1 heterocycles. The van der Waals surface area contributed by atoms with Gasteiger partial charge in [0.25, 0.3) is 0 Å². The lowest BCUT2D eigenvalue weighted by Gasteiger charge is -1.94. The van der Waals surface area contributed by atoms with E-state index >= 15 is 0 Å². The summed E-state index contributed by atoms with van der Waals surface area (Å²) in [6.45, 7) is 1.61. The fraction of sp³-hybridized carbons (Fsp3) is 0.273. The second kappa shape index (κ2) is 3.62. The molecule has 0 aliphatic heterocycles. The third kappa shape index (κ3) is 1.66. The highest BCUT2D eigenvalue weighted by molar-refractivity contribution is 5.82. The molecule has 3 nitrogen and oxygen atoms in total. The molecule has 2 aromatic rings. The summed E-state index contributed by atoms with van der Waals surface area (Å²) in [7, 11) is 0. The highest BCUT2D eigenvalue weighted by Crippen LogP contribution is 2.16. The lowest BCUT2D eigenvalue weighted by molar-refractivity contribution is -0.116. The summed E-state index contributed by atoms with van der Waals surface area (Å²) < 4.78 is 0.